The van der Waals surface area contributed by atoms with Gasteiger partial charge in [0, 0.05) is 6.21 Å². The molecule has 0 spiro atoms. The van der Waals surface area contributed by atoms with Crippen molar-refractivity contribution in [3.63, 3.8) is 0 Å². The first-order chi connectivity index (χ1) is 13.4. The van der Waals surface area contributed by atoms with Crippen molar-refractivity contribution in [2.75, 3.05) is 4.90 Å². The number of hydrogen-bond donors (Lipinski definition) is 3. The lowest BCUT2D eigenvalue weighted by Crippen LogP contribution is -2.59. The van der Waals surface area contributed by atoms with Gasteiger partial charge in [-0.25, -0.2) is 15.1 Å². The van der Waals surface area contributed by atoms with E-state index in [0.717, 1.165) is 11.1 Å². The van der Waals surface area contributed by atoms with Gasteiger partial charge in [0.2, 0.25) is 5.91 Å². The lowest BCUT2D eigenvalue weighted by atomic mass is 10.0. The highest BCUT2D eigenvalue weighted by Gasteiger charge is 2.40. The zero-order chi connectivity index (χ0) is 20.3. The number of hydrogen-bond acceptors (Lipinski definition) is 6. The number of benzene rings is 2. The van der Waals surface area contributed by atoms with Crippen molar-refractivity contribution in [2.45, 2.75) is 6.92 Å². The quantitative estimate of drug-likeness (QED) is 0.419. The van der Waals surface area contributed by atoms with E-state index in [1.165, 1.54) is 12.1 Å². The smallest absolute Gasteiger partial charge is 0.335 e. The predicted molar refractivity (Wildman–Crippen MR) is 99.8 cm³/mol. The number of carbonyl (C=O) groups is 4. The average Bonchev–Trinajstić information content (AvgIpc) is 2.66. The molecule has 1 fully saturated rings. The highest BCUT2D eigenvalue weighted by atomic mass is 16.3. The van der Waals surface area contributed by atoms with Crippen molar-refractivity contribution in [3.05, 3.63) is 59.7 Å². The topological polar surface area (TPSA) is 128 Å². The highest BCUT2D eigenvalue weighted by Crippen LogP contribution is 2.23. The molecule has 0 saturated carbocycles. The number of aryl methyl sites for hydroxylation is 1. The Kier molecular flexibility index (Phi) is 5.16. The molecule has 2 aromatic rings. The second-order valence-corrected chi connectivity index (χ2v) is 5.97. The Labute approximate surface area is 159 Å². The standard InChI is InChI=1S/C19H16N4O5/c1-11-6-2-4-8-14(11)23-18(27)13(16(25)21-19(23)28)10-20-22-17(26)12-7-3-5-9-15(12)24/h2-10,13,24H,1H3,(H,22,26)(H,21,25,28)/b20-10-/t13-/m1/s1. The Morgan fingerprint density at radius 2 is 1.82 bits per heavy atom. The Morgan fingerprint density at radius 3 is 2.54 bits per heavy atom. The van der Waals surface area contributed by atoms with Gasteiger partial charge in [-0.2, -0.15) is 5.10 Å². The van der Waals surface area contributed by atoms with Crippen LogP contribution in [0.2, 0.25) is 0 Å². The van der Waals surface area contributed by atoms with Gasteiger partial charge in [-0.3, -0.25) is 19.7 Å². The molecule has 0 unspecified atom stereocenters. The number of hydrazone groups is 1. The maximum Gasteiger partial charge on any atom is 0.335 e. The molecule has 3 N–H and O–H groups in total. The van der Waals surface area contributed by atoms with Crippen molar-refractivity contribution >= 4 is 35.7 Å². The van der Waals surface area contributed by atoms with Gasteiger partial charge in [0.15, 0.2) is 5.92 Å². The Hall–Kier alpha value is -4.01. The van der Waals surface area contributed by atoms with Crippen LogP contribution in [0.1, 0.15) is 15.9 Å². The van der Waals surface area contributed by atoms with E-state index < -0.39 is 29.7 Å². The summed E-state index contributed by atoms with van der Waals surface area (Å²) in [6.45, 7) is 1.72. The summed E-state index contributed by atoms with van der Waals surface area (Å²) < 4.78 is 0. The molecule has 142 valence electrons. The van der Waals surface area contributed by atoms with Gasteiger partial charge in [-0.15, -0.1) is 0 Å². The van der Waals surface area contributed by atoms with Crippen LogP contribution in [-0.2, 0) is 9.59 Å². The number of anilines is 1. The van der Waals surface area contributed by atoms with Crippen LogP contribution in [0.25, 0.3) is 0 Å². The minimum Gasteiger partial charge on any atom is -0.507 e. The molecular formula is C19H16N4O5. The molecule has 1 atom stereocenters. The SMILES string of the molecule is Cc1ccccc1N1C(=O)NC(=O)[C@@H](/C=N\NC(=O)c2ccccc2O)C1=O. The van der Waals surface area contributed by atoms with Gasteiger partial charge in [0.1, 0.15) is 5.75 Å². The predicted octanol–water partition coefficient (Wildman–Crippen LogP) is 1.32. The van der Waals surface area contributed by atoms with Crippen LogP contribution >= 0.6 is 0 Å². The van der Waals surface area contributed by atoms with Crippen molar-refractivity contribution in [2.24, 2.45) is 11.0 Å². The molecule has 3 rings (SSSR count). The van der Waals surface area contributed by atoms with Crippen molar-refractivity contribution in [1.82, 2.24) is 10.7 Å². The van der Waals surface area contributed by atoms with Crippen molar-refractivity contribution in [1.29, 1.82) is 0 Å². The number of amides is 5. The van der Waals surface area contributed by atoms with Crippen molar-refractivity contribution in [3.8, 4) is 5.75 Å². The monoisotopic (exact) mass is 380 g/mol. The normalized spacial score (nSPS) is 17.0. The summed E-state index contributed by atoms with van der Waals surface area (Å²) >= 11 is 0. The molecule has 0 aliphatic carbocycles. The summed E-state index contributed by atoms with van der Waals surface area (Å²) in [4.78, 5) is 49.8. The van der Waals surface area contributed by atoms with E-state index in [0.29, 0.717) is 11.3 Å². The van der Waals surface area contributed by atoms with Gasteiger partial charge in [-0.05, 0) is 30.7 Å². The number of para-hydroxylation sites is 2. The second-order valence-electron chi connectivity index (χ2n) is 5.97. The van der Waals surface area contributed by atoms with Crippen LogP contribution in [0.4, 0.5) is 10.5 Å². The molecule has 2 aromatic carbocycles. The fraction of sp³-hybridized carbons (Fsp3) is 0.105. The van der Waals surface area contributed by atoms with Crippen LogP contribution in [-0.4, -0.2) is 35.1 Å². The Bertz CT molecular complexity index is 1000. The third-order valence-electron chi connectivity index (χ3n) is 4.10. The van der Waals surface area contributed by atoms with Crippen LogP contribution in [0.5, 0.6) is 5.75 Å². The summed E-state index contributed by atoms with van der Waals surface area (Å²) in [6, 6.07) is 11.7. The lowest BCUT2D eigenvalue weighted by molar-refractivity contribution is -0.131. The average molecular weight is 380 g/mol. The molecule has 1 heterocycles. The Morgan fingerprint density at radius 1 is 1.14 bits per heavy atom. The van der Waals surface area contributed by atoms with E-state index in [9.17, 15) is 24.3 Å². The van der Waals surface area contributed by atoms with Gasteiger partial charge < -0.3 is 5.11 Å². The fourth-order valence-corrected chi connectivity index (χ4v) is 2.66. The molecule has 9 nitrogen and oxygen atoms in total. The van der Waals surface area contributed by atoms with Crippen LogP contribution in [0.15, 0.2) is 53.6 Å². The molecule has 1 aliphatic rings. The van der Waals surface area contributed by atoms with E-state index in [1.54, 1.807) is 43.3 Å². The van der Waals surface area contributed by atoms with E-state index in [1.807, 2.05) is 0 Å². The lowest BCUT2D eigenvalue weighted by Gasteiger charge is -2.29. The van der Waals surface area contributed by atoms with E-state index in [4.69, 9.17) is 0 Å². The molecular weight excluding hydrogens is 364 g/mol. The zero-order valence-corrected chi connectivity index (χ0v) is 14.7. The number of barbiturate groups is 1. The van der Waals surface area contributed by atoms with Gasteiger partial charge >= 0.3 is 6.03 Å². The molecule has 0 radical (unpaired) electrons. The molecule has 0 bridgehead atoms. The Balaban J connectivity index is 1.78. The first-order valence-electron chi connectivity index (χ1n) is 8.26. The summed E-state index contributed by atoms with van der Waals surface area (Å²) in [5.74, 6) is -3.99. The molecule has 5 amide bonds. The number of imide groups is 2. The first-order valence-corrected chi connectivity index (χ1v) is 8.26. The summed E-state index contributed by atoms with van der Waals surface area (Å²) in [5, 5.41) is 15.4. The number of nitrogens with zero attached hydrogens (tertiary/aromatic N) is 2. The number of urea groups is 1. The number of carbonyl (C=O) groups excluding carboxylic acids is 4. The summed E-state index contributed by atoms with van der Waals surface area (Å²) in [6.07, 6.45) is 0.938. The maximum atomic E-state index is 12.7. The second kappa shape index (κ2) is 7.70. The number of rotatable bonds is 4. The third-order valence-corrected chi connectivity index (χ3v) is 4.10. The number of aromatic hydroxyl groups is 1. The number of nitrogens with one attached hydrogen (secondary N) is 2. The molecule has 28 heavy (non-hydrogen) atoms. The van der Waals surface area contributed by atoms with Crippen LogP contribution in [0, 0.1) is 12.8 Å². The molecule has 9 heteroatoms. The maximum absolute atomic E-state index is 12.7. The van der Waals surface area contributed by atoms with Crippen LogP contribution < -0.4 is 15.6 Å². The minimum absolute atomic E-state index is 0.0178. The van der Waals surface area contributed by atoms with Gasteiger partial charge in [-0.1, -0.05) is 30.3 Å². The number of phenols is 1. The van der Waals surface area contributed by atoms with E-state index in [-0.39, 0.29) is 11.3 Å². The largest absolute Gasteiger partial charge is 0.507 e. The molecule has 1 aliphatic heterocycles. The van der Waals surface area contributed by atoms with E-state index >= 15 is 0 Å². The van der Waals surface area contributed by atoms with Crippen molar-refractivity contribution < 1.29 is 24.3 Å². The summed E-state index contributed by atoms with van der Waals surface area (Å²) in [5.41, 5.74) is 3.13. The fourth-order valence-electron chi connectivity index (χ4n) is 2.66. The minimum atomic E-state index is -1.40. The van der Waals surface area contributed by atoms with Gasteiger partial charge in [0.05, 0.1) is 11.3 Å². The highest BCUT2D eigenvalue weighted by molar-refractivity contribution is 6.32. The first kappa shape index (κ1) is 18.8. The van der Waals surface area contributed by atoms with Crippen LogP contribution in [0.3, 0.4) is 0 Å². The third kappa shape index (κ3) is 3.58. The summed E-state index contributed by atoms with van der Waals surface area (Å²) in [7, 11) is 0. The number of phenolic OH excluding ortho intramolecular Hbond substituents is 1. The van der Waals surface area contributed by atoms with E-state index in [2.05, 4.69) is 15.8 Å². The molecule has 0 aromatic heterocycles. The molecule has 1 saturated heterocycles. The zero-order valence-electron chi connectivity index (χ0n) is 14.7. The van der Waals surface area contributed by atoms with Gasteiger partial charge in [0.25, 0.3) is 11.8 Å².